The Labute approximate surface area is 179 Å². The molecular formula is C24H19ClN4O. The third-order valence-corrected chi connectivity index (χ3v) is 4.75. The van der Waals surface area contributed by atoms with Gasteiger partial charge in [-0.2, -0.15) is 0 Å². The zero-order valence-corrected chi connectivity index (χ0v) is 17.0. The van der Waals surface area contributed by atoms with E-state index in [-0.39, 0.29) is 5.91 Å². The second kappa shape index (κ2) is 8.76. The monoisotopic (exact) mass is 414 g/mol. The summed E-state index contributed by atoms with van der Waals surface area (Å²) in [6.07, 6.45) is 1.53. The second-order valence-corrected chi connectivity index (χ2v) is 7.26. The summed E-state index contributed by atoms with van der Waals surface area (Å²) >= 11 is 5.96. The van der Waals surface area contributed by atoms with E-state index in [1.807, 2.05) is 30.3 Å². The quantitative estimate of drug-likeness (QED) is 0.414. The highest BCUT2D eigenvalue weighted by molar-refractivity contribution is 6.31. The van der Waals surface area contributed by atoms with Crippen molar-refractivity contribution in [2.45, 2.75) is 6.92 Å². The number of carbonyl (C=O) groups excluding carboxylic acids is 1. The molecule has 2 N–H and O–H groups in total. The molecule has 4 aromatic rings. The minimum absolute atomic E-state index is 0.201. The van der Waals surface area contributed by atoms with Crippen LogP contribution in [0.25, 0.3) is 11.3 Å². The number of nitrogens with one attached hydrogen (secondary N) is 2. The predicted octanol–water partition coefficient (Wildman–Crippen LogP) is 6.10. The Kier molecular flexibility index (Phi) is 5.72. The first-order chi connectivity index (χ1) is 14.6. The third kappa shape index (κ3) is 4.82. The third-order valence-electron chi connectivity index (χ3n) is 4.52. The highest BCUT2D eigenvalue weighted by Gasteiger charge is 2.07. The molecular weight excluding hydrogens is 396 g/mol. The number of aromatic nitrogens is 2. The lowest BCUT2D eigenvalue weighted by Gasteiger charge is -2.09. The van der Waals surface area contributed by atoms with Gasteiger partial charge < -0.3 is 10.6 Å². The van der Waals surface area contributed by atoms with Gasteiger partial charge >= 0.3 is 0 Å². The Morgan fingerprint density at radius 2 is 1.63 bits per heavy atom. The van der Waals surface area contributed by atoms with E-state index in [9.17, 15) is 4.79 Å². The van der Waals surface area contributed by atoms with Gasteiger partial charge in [-0.1, -0.05) is 47.5 Å². The molecule has 0 fully saturated rings. The van der Waals surface area contributed by atoms with Gasteiger partial charge in [-0.25, -0.2) is 9.97 Å². The van der Waals surface area contributed by atoms with E-state index in [1.54, 1.807) is 36.4 Å². The molecule has 0 bridgehead atoms. The maximum absolute atomic E-state index is 12.4. The van der Waals surface area contributed by atoms with Gasteiger partial charge in [0, 0.05) is 33.6 Å². The maximum atomic E-state index is 12.4. The number of benzene rings is 3. The second-order valence-electron chi connectivity index (χ2n) is 6.82. The number of carbonyl (C=O) groups is 1. The van der Waals surface area contributed by atoms with E-state index in [2.05, 4.69) is 39.7 Å². The maximum Gasteiger partial charge on any atom is 0.255 e. The van der Waals surface area contributed by atoms with Crippen LogP contribution in [0, 0.1) is 6.92 Å². The molecule has 4 rings (SSSR count). The van der Waals surface area contributed by atoms with Crippen LogP contribution < -0.4 is 10.6 Å². The van der Waals surface area contributed by atoms with E-state index < -0.39 is 0 Å². The van der Waals surface area contributed by atoms with Crippen LogP contribution in [0.15, 0.2) is 85.2 Å². The fraction of sp³-hybridized carbons (Fsp3) is 0.0417. The fourth-order valence-corrected chi connectivity index (χ4v) is 3.12. The van der Waals surface area contributed by atoms with Gasteiger partial charge in [0.2, 0.25) is 0 Å². The molecule has 0 aliphatic carbocycles. The van der Waals surface area contributed by atoms with Gasteiger partial charge in [-0.3, -0.25) is 4.79 Å². The standard InChI is InChI=1S/C24H19ClN4O/c1-16-5-7-17(8-6-16)22-14-23(27-15-26-22)28-20-11-9-18(10-12-20)24(30)29-21-4-2-3-19(25)13-21/h2-15H,1H3,(H,29,30)(H,26,27,28). The van der Waals surface area contributed by atoms with Crippen LogP contribution in [0.5, 0.6) is 0 Å². The first-order valence-corrected chi connectivity index (χ1v) is 9.78. The van der Waals surface area contributed by atoms with E-state index in [1.165, 1.54) is 11.9 Å². The van der Waals surface area contributed by atoms with Gasteiger partial charge in [-0.15, -0.1) is 0 Å². The largest absolute Gasteiger partial charge is 0.340 e. The summed E-state index contributed by atoms with van der Waals surface area (Å²) in [6, 6.07) is 24.3. The Balaban J connectivity index is 1.45. The van der Waals surface area contributed by atoms with Crippen molar-refractivity contribution in [2.75, 3.05) is 10.6 Å². The average molecular weight is 415 g/mol. The van der Waals surface area contributed by atoms with E-state index >= 15 is 0 Å². The molecule has 0 unspecified atom stereocenters. The van der Waals surface area contributed by atoms with Gasteiger partial charge in [0.15, 0.2) is 0 Å². The molecule has 0 saturated carbocycles. The highest BCUT2D eigenvalue weighted by Crippen LogP contribution is 2.22. The van der Waals surface area contributed by atoms with E-state index in [0.29, 0.717) is 22.1 Å². The smallest absolute Gasteiger partial charge is 0.255 e. The summed E-state index contributed by atoms with van der Waals surface area (Å²) in [6.45, 7) is 2.05. The van der Waals surface area contributed by atoms with Gasteiger partial charge in [-0.05, 0) is 49.4 Å². The molecule has 1 amide bonds. The zero-order valence-electron chi connectivity index (χ0n) is 16.3. The first-order valence-electron chi connectivity index (χ1n) is 9.40. The van der Waals surface area contributed by atoms with Crippen molar-refractivity contribution < 1.29 is 4.79 Å². The van der Waals surface area contributed by atoms with E-state index in [4.69, 9.17) is 11.6 Å². The minimum atomic E-state index is -0.201. The predicted molar refractivity (Wildman–Crippen MR) is 121 cm³/mol. The lowest BCUT2D eigenvalue weighted by molar-refractivity contribution is 0.102. The average Bonchev–Trinajstić information content (AvgIpc) is 2.75. The lowest BCUT2D eigenvalue weighted by atomic mass is 10.1. The molecule has 0 aliphatic rings. The summed E-state index contributed by atoms with van der Waals surface area (Å²) in [5, 5.41) is 6.65. The van der Waals surface area contributed by atoms with Crippen molar-refractivity contribution in [1.29, 1.82) is 0 Å². The number of halogens is 1. The SMILES string of the molecule is Cc1ccc(-c2cc(Nc3ccc(C(=O)Nc4cccc(Cl)c4)cc3)ncn2)cc1. The molecule has 0 aliphatic heterocycles. The van der Waals surface area contributed by atoms with Crippen LogP contribution in [-0.2, 0) is 0 Å². The molecule has 0 saturated heterocycles. The Morgan fingerprint density at radius 3 is 2.37 bits per heavy atom. The fourth-order valence-electron chi connectivity index (χ4n) is 2.93. The molecule has 6 heteroatoms. The lowest BCUT2D eigenvalue weighted by Crippen LogP contribution is -2.11. The molecule has 3 aromatic carbocycles. The number of aryl methyl sites for hydroxylation is 1. The number of anilines is 3. The molecule has 1 heterocycles. The number of rotatable bonds is 5. The summed E-state index contributed by atoms with van der Waals surface area (Å²) in [5.41, 5.74) is 5.08. The van der Waals surface area contributed by atoms with Crippen molar-refractivity contribution in [3.8, 4) is 11.3 Å². The summed E-state index contributed by atoms with van der Waals surface area (Å²) < 4.78 is 0. The first kappa shape index (κ1) is 19.6. The van der Waals surface area contributed by atoms with Crippen LogP contribution in [0.3, 0.4) is 0 Å². The van der Waals surface area contributed by atoms with Gasteiger partial charge in [0.25, 0.3) is 5.91 Å². The molecule has 0 atom stereocenters. The van der Waals surface area contributed by atoms with Crippen LogP contribution in [0.4, 0.5) is 17.2 Å². The van der Waals surface area contributed by atoms with Crippen molar-refractivity contribution in [1.82, 2.24) is 9.97 Å². The number of hydrogen-bond acceptors (Lipinski definition) is 4. The van der Waals surface area contributed by atoms with Crippen LogP contribution in [0.1, 0.15) is 15.9 Å². The Morgan fingerprint density at radius 1 is 0.867 bits per heavy atom. The molecule has 5 nitrogen and oxygen atoms in total. The van der Waals surface area contributed by atoms with Crippen molar-refractivity contribution in [3.63, 3.8) is 0 Å². The minimum Gasteiger partial charge on any atom is -0.340 e. The molecule has 30 heavy (non-hydrogen) atoms. The highest BCUT2D eigenvalue weighted by atomic mass is 35.5. The van der Waals surface area contributed by atoms with Crippen molar-refractivity contribution >= 4 is 34.7 Å². The number of nitrogens with zero attached hydrogens (tertiary/aromatic N) is 2. The molecule has 1 aromatic heterocycles. The molecule has 148 valence electrons. The van der Waals surface area contributed by atoms with Gasteiger partial charge in [0.05, 0.1) is 5.69 Å². The summed E-state index contributed by atoms with van der Waals surface area (Å²) in [7, 11) is 0. The zero-order chi connectivity index (χ0) is 20.9. The summed E-state index contributed by atoms with van der Waals surface area (Å²) in [5.74, 6) is 0.476. The van der Waals surface area contributed by atoms with Crippen LogP contribution in [-0.4, -0.2) is 15.9 Å². The van der Waals surface area contributed by atoms with E-state index in [0.717, 1.165) is 16.9 Å². The number of amides is 1. The normalized spacial score (nSPS) is 10.5. The van der Waals surface area contributed by atoms with Crippen LogP contribution >= 0.6 is 11.6 Å². The van der Waals surface area contributed by atoms with Crippen molar-refractivity contribution in [3.05, 3.63) is 101 Å². The Hall–Kier alpha value is -3.70. The number of hydrogen-bond donors (Lipinski definition) is 2. The molecule has 0 radical (unpaired) electrons. The Bertz CT molecular complexity index is 1170. The van der Waals surface area contributed by atoms with Crippen molar-refractivity contribution in [2.24, 2.45) is 0 Å². The van der Waals surface area contributed by atoms with Gasteiger partial charge in [0.1, 0.15) is 12.1 Å². The summed E-state index contributed by atoms with van der Waals surface area (Å²) in [4.78, 5) is 21.1. The van der Waals surface area contributed by atoms with Crippen LogP contribution in [0.2, 0.25) is 5.02 Å². The topological polar surface area (TPSA) is 66.9 Å². The molecule has 0 spiro atoms.